The molecule has 2 aliphatic rings. The van der Waals surface area contributed by atoms with Gasteiger partial charge in [0.15, 0.2) is 5.75 Å². The summed E-state index contributed by atoms with van der Waals surface area (Å²) in [7, 11) is 2.73. The number of para-hydroxylation sites is 1. The number of nitro benzene ring substituents is 1. The van der Waals surface area contributed by atoms with Gasteiger partial charge >= 0.3 is 12.1 Å². The number of benzene rings is 2. The van der Waals surface area contributed by atoms with Gasteiger partial charge in [-0.05, 0) is 35.6 Å². The van der Waals surface area contributed by atoms with Crippen LogP contribution in [-0.2, 0) is 9.53 Å². The van der Waals surface area contributed by atoms with Crippen molar-refractivity contribution in [3.8, 4) is 5.75 Å². The summed E-state index contributed by atoms with van der Waals surface area (Å²) in [5.74, 6) is -3.66. The van der Waals surface area contributed by atoms with Gasteiger partial charge in [-0.15, -0.1) is 0 Å². The molecule has 44 heavy (non-hydrogen) atoms. The van der Waals surface area contributed by atoms with E-state index in [4.69, 9.17) is 9.47 Å². The van der Waals surface area contributed by atoms with Crippen LogP contribution in [0.25, 0.3) is 5.57 Å². The lowest BCUT2D eigenvalue weighted by atomic mass is 9.77. The summed E-state index contributed by atoms with van der Waals surface area (Å²) < 4.78 is 50.6. The summed E-state index contributed by atoms with van der Waals surface area (Å²) in [5, 5.41) is 18.1. The second-order valence-electron chi connectivity index (χ2n) is 10.4. The molecular formula is C29H28F3N5O7. The molecule has 0 atom stereocenters. The smallest absolute Gasteiger partial charge is 0.471 e. The highest BCUT2D eigenvalue weighted by atomic mass is 19.4. The molecular weight excluding hydrogens is 587 g/mol. The van der Waals surface area contributed by atoms with E-state index in [1.165, 1.54) is 31.6 Å². The Kier molecular flexibility index (Phi) is 8.78. The van der Waals surface area contributed by atoms with Gasteiger partial charge in [-0.2, -0.15) is 13.2 Å². The monoisotopic (exact) mass is 615 g/mol. The van der Waals surface area contributed by atoms with Crippen molar-refractivity contribution in [1.82, 2.24) is 5.32 Å². The number of carbonyl (C=O) groups excluding carboxylic acids is 3. The van der Waals surface area contributed by atoms with Gasteiger partial charge in [0.2, 0.25) is 5.90 Å². The van der Waals surface area contributed by atoms with Crippen molar-refractivity contribution >= 4 is 46.3 Å². The molecule has 4 rings (SSSR count). The Morgan fingerprint density at radius 1 is 1.09 bits per heavy atom. The number of rotatable bonds is 8. The topological polar surface area (TPSA) is 161 Å². The Bertz CT molecular complexity index is 1640. The minimum Gasteiger partial charge on any atom is -0.494 e. The van der Waals surface area contributed by atoms with Crippen LogP contribution in [0.5, 0.6) is 5.75 Å². The number of amides is 3. The fourth-order valence-electron chi connectivity index (χ4n) is 4.83. The number of aliphatic imine (C=N–C) groups is 1. The number of carbonyl (C=O) groups is 3. The molecule has 0 radical (unpaired) electrons. The zero-order valence-electron chi connectivity index (χ0n) is 24.0. The molecule has 3 amide bonds. The highest BCUT2D eigenvalue weighted by molar-refractivity contribution is 6.14. The molecule has 3 N–H and O–H groups in total. The largest absolute Gasteiger partial charge is 0.494 e. The first-order valence-corrected chi connectivity index (χ1v) is 13.2. The third kappa shape index (κ3) is 6.40. The normalized spacial score (nSPS) is 15.7. The number of nitro groups is 1. The van der Waals surface area contributed by atoms with Crippen molar-refractivity contribution in [2.75, 3.05) is 37.9 Å². The minimum absolute atomic E-state index is 0.0147. The van der Waals surface area contributed by atoms with Gasteiger partial charge in [-0.25, -0.2) is 4.99 Å². The SMILES string of the molecule is CNC(=O)c1ccc(NC(=O)c2cccc([N+](=O)[O-])c2NC(=O)C(F)(F)F)c(OC)c1C1=C(C2=NCCO2)CC(C)(C)C=C1. The van der Waals surface area contributed by atoms with Crippen LogP contribution in [-0.4, -0.2) is 62.0 Å². The summed E-state index contributed by atoms with van der Waals surface area (Å²) in [6.07, 6.45) is -1.16. The predicted molar refractivity (Wildman–Crippen MR) is 155 cm³/mol. The molecule has 0 unspecified atom stereocenters. The highest BCUT2D eigenvalue weighted by Crippen LogP contribution is 2.45. The van der Waals surface area contributed by atoms with Gasteiger partial charge in [0, 0.05) is 24.3 Å². The number of allylic oxidation sites excluding steroid dienone is 3. The van der Waals surface area contributed by atoms with Crippen molar-refractivity contribution in [2.24, 2.45) is 10.4 Å². The number of hydrogen-bond acceptors (Lipinski definition) is 8. The number of alkyl halides is 3. The first kappa shape index (κ1) is 31.7. The quantitative estimate of drug-likeness (QED) is 0.282. The lowest BCUT2D eigenvalue weighted by Gasteiger charge is -2.29. The number of nitrogens with one attached hydrogen (secondary N) is 3. The second-order valence-corrected chi connectivity index (χ2v) is 10.4. The van der Waals surface area contributed by atoms with E-state index in [2.05, 4.69) is 15.6 Å². The molecule has 0 bridgehead atoms. The van der Waals surface area contributed by atoms with Crippen LogP contribution < -0.4 is 20.7 Å². The van der Waals surface area contributed by atoms with Crippen LogP contribution in [0.15, 0.2) is 53.0 Å². The van der Waals surface area contributed by atoms with Crippen LogP contribution in [0.2, 0.25) is 0 Å². The van der Waals surface area contributed by atoms with E-state index in [1.54, 1.807) is 6.08 Å². The summed E-state index contributed by atoms with van der Waals surface area (Å²) in [4.78, 5) is 53.2. The van der Waals surface area contributed by atoms with Crippen molar-refractivity contribution < 1.29 is 42.0 Å². The van der Waals surface area contributed by atoms with E-state index in [1.807, 2.05) is 19.9 Å². The Morgan fingerprint density at radius 3 is 2.41 bits per heavy atom. The maximum Gasteiger partial charge on any atom is 0.471 e. The van der Waals surface area contributed by atoms with Crippen molar-refractivity contribution in [3.63, 3.8) is 0 Å². The summed E-state index contributed by atoms with van der Waals surface area (Å²) in [6.45, 7) is 4.85. The van der Waals surface area contributed by atoms with Crippen molar-refractivity contribution in [3.05, 3.63) is 74.9 Å². The summed E-state index contributed by atoms with van der Waals surface area (Å²) in [5.41, 5.74) is -1.14. The molecule has 0 saturated carbocycles. The fraction of sp³-hybridized carbons (Fsp3) is 0.310. The molecule has 0 spiro atoms. The number of halogens is 3. The Morgan fingerprint density at radius 2 is 1.82 bits per heavy atom. The molecule has 1 heterocycles. The molecule has 2 aromatic rings. The molecule has 1 aliphatic carbocycles. The number of hydrogen-bond donors (Lipinski definition) is 3. The second kappa shape index (κ2) is 12.2. The first-order chi connectivity index (χ1) is 20.7. The molecule has 0 saturated heterocycles. The van der Waals surface area contributed by atoms with E-state index < -0.39 is 45.8 Å². The van der Waals surface area contributed by atoms with Crippen LogP contribution in [0, 0.1) is 15.5 Å². The third-order valence-corrected chi connectivity index (χ3v) is 6.83. The predicted octanol–water partition coefficient (Wildman–Crippen LogP) is 4.88. The van der Waals surface area contributed by atoms with Gasteiger partial charge in [0.25, 0.3) is 17.5 Å². The molecule has 232 valence electrons. The van der Waals surface area contributed by atoms with Crippen LogP contribution in [0.3, 0.4) is 0 Å². The molecule has 0 aromatic heterocycles. The Labute approximate surface area is 249 Å². The number of methoxy groups -OCH3 is 1. The Hall–Kier alpha value is -5.21. The van der Waals surface area contributed by atoms with Crippen molar-refractivity contribution in [2.45, 2.75) is 26.4 Å². The lowest BCUT2D eigenvalue weighted by Crippen LogP contribution is -2.31. The van der Waals surface area contributed by atoms with Gasteiger partial charge in [-0.3, -0.25) is 24.5 Å². The molecule has 2 aromatic carbocycles. The lowest BCUT2D eigenvalue weighted by molar-refractivity contribution is -0.384. The highest BCUT2D eigenvalue weighted by Gasteiger charge is 2.41. The maximum absolute atomic E-state index is 13.5. The fourth-order valence-corrected chi connectivity index (χ4v) is 4.83. The summed E-state index contributed by atoms with van der Waals surface area (Å²) >= 11 is 0. The van der Waals surface area contributed by atoms with Gasteiger partial charge in [-0.1, -0.05) is 32.1 Å². The van der Waals surface area contributed by atoms with Crippen LogP contribution in [0.4, 0.5) is 30.2 Å². The minimum atomic E-state index is -5.38. The van der Waals surface area contributed by atoms with Crippen molar-refractivity contribution in [1.29, 1.82) is 0 Å². The van der Waals surface area contributed by atoms with Crippen LogP contribution >= 0.6 is 0 Å². The van der Waals surface area contributed by atoms with Gasteiger partial charge < -0.3 is 25.4 Å². The standard InChI is InChI=1S/C29H28F3N5O7/c1-28(2)11-10-15(18(14-28)26-34-12-13-44-26)21-16(24(38)33-3)8-9-19(23(21)43-4)35-25(39)17-6-5-7-20(37(41)42)22(17)36-27(40)29(30,31)32/h5-11H,12-14H2,1-4H3,(H,33,38)(H,35,39)(H,36,40). The van der Waals surface area contributed by atoms with Gasteiger partial charge in [0.05, 0.1) is 35.4 Å². The Balaban J connectivity index is 1.88. The van der Waals surface area contributed by atoms with Crippen LogP contribution in [0.1, 0.15) is 46.5 Å². The average molecular weight is 616 g/mol. The maximum atomic E-state index is 13.5. The first-order valence-electron chi connectivity index (χ1n) is 13.2. The zero-order chi connectivity index (χ0) is 32.4. The summed E-state index contributed by atoms with van der Waals surface area (Å²) in [6, 6.07) is 5.71. The van der Waals surface area contributed by atoms with E-state index in [0.717, 1.165) is 18.2 Å². The van der Waals surface area contributed by atoms with E-state index in [9.17, 15) is 37.7 Å². The number of anilines is 2. The molecule has 15 heteroatoms. The number of ether oxygens (including phenoxy) is 2. The number of nitrogens with zero attached hydrogens (tertiary/aromatic N) is 2. The molecule has 12 nitrogen and oxygen atoms in total. The zero-order valence-corrected chi connectivity index (χ0v) is 24.0. The molecule has 1 aliphatic heterocycles. The van der Waals surface area contributed by atoms with E-state index >= 15 is 0 Å². The molecule has 0 fully saturated rings. The average Bonchev–Trinajstić information content (AvgIpc) is 3.50. The van der Waals surface area contributed by atoms with E-state index in [0.29, 0.717) is 36.6 Å². The van der Waals surface area contributed by atoms with E-state index in [-0.39, 0.29) is 28.0 Å². The van der Waals surface area contributed by atoms with Gasteiger partial charge in [0.1, 0.15) is 12.3 Å². The third-order valence-electron chi connectivity index (χ3n) is 6.83.